The Balaban J connectivity index is 1.58. The Morgan fingerprint density at radius 3 is 2.40 bits per heavy atom. The number of carbonyl (C=O) groups excluding carboxylic acids is 1. The van der Waals surface area contributed by atoms with Gasteiger partial charge in [0.05, 0.1) is 17.0 Å². The molecule has 6 nitrogen and oxygen atoms in total. The van der Waals surface area contributed by atoms with Crippen LogP contribution in [0.3, 0.4) is 0 Å². The number of aromatic nitrogens is 1. The highest BCUT2D eigenvalue weighted by molar-refractivity contribution is 7.88. The van der Waals surface area contributed by atoms with Crippen LogP contribution in [0.25, 0.3) is 11.3 Å². The van der Waals surface area contributed by atoms with Crippen LogP contribution < -0.4 is 5.32 Å². The summed E-state index contributed by atoms with van der Waals surface area (Å²) in [4.78, 5) is 16.8. The summed E-state index contributed by atoms with van der Waals surface area (Å²) < 4.78 is 24.5. The number of thiazole rings is 1. The van der Waals surface area contributed by atoms with Gasteiger partial charge in [0.2, 0.25) is 15.9 Å². The molecule has 0 spiro atoms. The van der Waals surface area contributed by atoms with Gasteiger partial charge in [0.25, 0.3) is 0 Å². The molecule has 1 N–H and O–H groups in total. The second-order valence-electron chi connectivity index (χ2n) is 6.25. The van der Waals surface area contributed by atoms with Crippen LogP contribution in [-0.4, -0.2) is 43.0 Å². The van der Waals surface area contributed by atoms with Gasteiger partial charge in [0.15, 0.2) is 0 Å². The zero-order valence-electron chi connectivity index (χ0n) is 14.2. The van der Waals surface area contributed by atoms with Gasteiger partial charge in [0.1, 0.15) is 0 Å². The molecule has 3 rings (SSSR count). The molecule has 1 aliphatic heterocycles. The fraction of sp³-hybridized carbons (Fsp3) is 0.412. The van der Waals surface area contributed by atoms with Crippen LogP contribution in [0.15, 0.2) is 29.6 Å². The second kappa shape index (κ2) is 7.23. The van der Waals surface area contributed by atoms with Gasteiger partial charge in [-0.25, -0.2) is 17.7 Å². The quantitative estimate of drug-likeness (QED) is 0.886. The van der Waals surface area contributed by atoms with Gasteiger partial charge in [-0.2, -0.15) is 0 Å². The van der Waals surface area contributed by atoms with Crippen LogP contribution in [-0.2, 0) is 14.8 Å². The summed E-state index contributed by atoms with van der Waals surface area (Å²) >= 11 is 1.61. The minimum Gasteiger partial charge on any atom is -0.326 e. The van der Waals surface area contributed by atoms with Gasteiger partial charge in [0, 0.05) is 35.6 Å². The lowest BCUT2D eigenvalue weighted by molar-refractivity contribution is -0.120. The van der Waals surface area contributed by atoms with Crippen molar-refractivity contribution in [3.05, 3.63) is 34.7 Å². The van der Waals surface area contributed by atoms with Crippen molar-refractivity contribution in [2.45, 2.75) is 19.8 Å². The summed E-state index contributed by atoms with van der Waals surface area (Å²) in [7, 11) is -3.17. The molecule has 25 heavy (non-hydrogen) atoms. The molecule has 1 amide bonds. The lowest BCUT2D eigenvalue weighted by Crippen LogP contribution is -2.40. The third kappa shape index (κ3) is 4.45. The number of sulfonamides is 1. The highest BCUT2D eigenvalue weighted by Crippen LogP contribution is 2.24. The Morgan fingerprint density at radius 1 is 1.24 bits per heavy atom. The van der Waals surface area contributed by atoms with Crippen molar-refractivity contribution in [3.8, 4) is 11.3 Å². The third-order valence-electron chi connectivity index (χ3n) is 4.36. The van der Waals surface area contributed by atoms with Gasteiger partial charge >= 0.3 is 0 Å². The van der Waals surface area contributed by atoms with E-state index in [1.165, 1.54) is 10.6 Å². The van der Waals surface area contributed by atoms with E-state index in [0.717, 1.165) is 22.0 Å². The summed E-state index contributed by atoms with van der Waals surface area (Å²) in [6.45, 7) is 2.77. The summed E-state index contributed by atoms with van der Waals surface area (Å²) in [5.74, 6) is -0.204. The molecule has 1 saturated heterocycles. The van der Waals surface area contributed by atoms with Crippen molar-refractivity contribution in [2.75, 3.05) is 24.7 Å². The van der Waals surface area contributed by atoms with Crippen molar-refractivity contribution in [3.63, 3.8) is 0 Å². The predicted molar refractivity (Wildman–Crippen MR) is 100 cm³/mol. The Morgan fingerprint density at radius 2 is 1.88 bits per heavy atom. The lowest BCUT2D eigenvalue weighted by Gasteiger charge is -2.29. The van der Waals surface area contributed by atoms with E-state index in [1.807, 2.05) is 36.6 Å². The molecule has 2 heterocycles. The SMILES string of the molecule is Cc1nc(-c2ccc(NC(=O)C3CCN(S(C)(=O)=O)CC3)cc2)cs1. The topological polar surface area (TPSA) is 79.4 Å². The molecule has 8 heteroatoms. The number of benzene rings is 1. The number of hydrogen-bond acceptors (Lipinski definition) is 5. The van der Waals surface area contributed by atoms with Gasteiger partial charge in [-0.3, -0.25) is 4.79 Å². The second-order valence-corrected chi connectivity index (χ2v) is 9.30. The standard InChI is InChI=1S/C17H21N3O3S2/c1-12-18-16(11-24-12)13-3-5-15(6-4-13)19-17(21)14-7-9-20(10-8-14)25(2,22)23/h3-6,11,14H,7-10H2,1-2H3,(H,19,21). The number of nitrogens with one attached hydrogen (secondary N) is 1. The van der Waals surface area contributed by atoms with E-state index < -0.39 is 10.0 Å². The molecule has 1 fully saturated rings. The van der Waals surface area contributed by atoms with Crippen LogP contribution >= 0.6 is 11.3 Å². The van der Waals surface area contributed by atoms with E-state index in [9.17, 15) is 13.2 Å². The molecule has 0 aliphatic carbocycles. The molecular formula is C17H21N3O3S2. The lowest BCUT2D eigenvalue weighted by atomic mass is 9.97. The molecule has 0 saturated carbocycles. The Bertz CT molecular complexity index is 852. The molecule has 1 aliphatic rings. The Hall–Kier alpha value is -1.77. The first-order valence-electron chi connectivity index (χ1n) is 8.11. The molecule has 1 aromatic heterocycles. The van der Waals surface area contributed by atoms with E-state index >= 15 is 0 Å². The first-order valence-corrected chi connectivity index (χ1v) is 10.8. The first-order chi connectivity index (χ1) is 11.8. The van der Waals surface area contributed by atoms with Crippen molar-refractivity contribution in [1.29, 1.82) is 0 Å². The largest absolute Gasteiger partial charge is 0.326 e. The van der Waals surface area contributed by atoms with Crippen LogP contribution in [0, 0.1) is 12.8 Å². The van der Waals surface area contributed by atoms with E-state index in [1.54, 1.807) is 11.3 Å². The number of rotatable bonds is 4. The molecule has 0 radical (unpaired) electrons. The van der Waals surface area contributed by atoms with Crippen LogP contribution in [0.2, 0.25) is 0 Å². The van der Waals surface area contributed by atoms with E-state index in [2.05, 4.69) is 10.3 Å². The van der Waals surface area contributed by atoms with Crippen LogP contribution in [0.5, 0.6) is 0 Å². The van der Waals surface area contributed by atoms with Crippen molar-refractivity contribution >= 4 is 33.0 Å². The van der Waals surface area contributed by atoms with Gasteiger partial charge in [-0.15, -0.1) is 11.3 Å². The third-order valence-corrected chi connectivity index (χ3v) is 6.44. The van der Waals surface area contributed by atoms with Crippen LogP contribution in [0.1, 0.15) is 17.8 Å². The molecule has 1 aromatic carbocycles. The average molecular weight is 380 g/mol. The molecule has 0 atom stereocenters. The van der Waals surface area contributed by atoms with Crippen LogP contribution in [0.4, 0.5) is 5.69 Å². The fourth-order valence-electron chi connectivity index (χ4n) is 2.91. The molecule has 134 valence electrons. The summed E-state index contributed by atoms with van der Waals surface area (Å²) in [5, 5.41) is 5.96. The normalized spacial score (nSPS) is 16.7. The summed E-state index contributed by atoms with van der Waals surface area (Å²) in [6.07, 6.45) is 2.31. The Labute approximate surface area is 151 Å². The van der Waals surface area contributed by atoms with Gasteiger partial charge in [-0.05, 0) is 31.9 Å². The molecule has 2 aromatic rings. The van der Waals surface area contributed by atoms with Gasteiger partial charge < -0.3 is 5.32 Å². The molecular weight excluding hydrogens is 358 g/mol. The summed E-state index contributed by atoms with van der Waals surface area (Å²) in [6, 6.07) is 7.62. The highest BCUT2D eigenvalue weighted by Gasteiger charge is 2.28. The molecule has 0 bridgehead atoms. The fourth-order valence-corrected chi connectivity index (χ4v) is 4.41. The zero-order valence-corrected chi connectivity index (χ0v) is 15.9. The van der Waals surface area contributed by atoms with E-state index in [-0.39, 0.29) is 11.8 Å². The number of amides is 1. The maximum atomic E-state index is 12.4. The monoisotopic (exact) mass is 379 g/mol. The highest BCUT2D eigenvalue weighted by atomic mass is 32.2. The smallest absolute Gasteiger partial charge is 0.227 e. The minimum atomic E-state index is -3.17. The number of hydrogen-bond donors (Lipinski definition) is 1. The number of piperidine rings is 1. The average Bonchev–Trinajstić information content (AvgIpc) is 3.01. The number of nitrogens with zero attached hydrogens (tertiary/aromatic N) is 2. The van der Waals surface area contributed by atoms with Crippen molar-refractivity contribution < 1.29 is 13.2 Å². The van der Waals surface area contributed by atoms with Gasteiger partial charge in [-0.1, -0.05) is 12.1 Å². The van der Waals surface area contributed by atoms with E-state index in [4.69, 9.17) is 0 Å². The summed E-state index contributed by atoms with van der Waals surface area (Å²) in [5.41, 5.74) is 2.70. The number of anilines is 1. The van der Waals surface area contributed by atoms with Crippen molar-refractivity contribution in [2.24, 2.45) is 5.92 Å². The first kappa shape index (κ1) is 18.0. The number of carbonyl (C=O) groups is 1. The number of aryl methyl sites for hydroxylation is 1. The van der Waals surface area contributed by atoms with Crippen molar-refractivity contribution in [1.82, 2.24) is 9.29 Å². The molecule has 0 unspecified atom stereocenters. The maximum Gasteiger partial charge on any atom is 0.227 e. The maximum absolute atomic E-state index is 12.4. The zero-order chi connectivity index (χ0) is 18.0. The minimum absolute atomic E-state index is 0.0506. The Kier molecular flexibility index (Phi) is 5.21. The van der Waals surface area contributed by atoms with E-state index in [0.29, 0.717) is 25.9 Å². The predicted octanol–water partition coefficient (Wildman–Crippen LogP) is 2.73.